The van der Waals surface area contributed by atoms with Crippen molar-refractivity contribution in [3.8, 4) is 5.75 Å². The summed E-state index contributed by atoms with van der Waals surface area (Å²) < 4.78 is 1.91. The van der Waals surface area contributed by atoms with Gasteiger partial charge in [0.2, 0.25) is 0 Å². The summed E-state index contributed by atoms with van der Waals surface area (Å²) in [5, 5.41) is 24.3. The molecule has 0 spiro atoms. The normalized spacial score (nSPS) is 11.3. The minimum atomic E-state index is 0.176. The van der Waals surface area contributed by atoms with Gasteiger partial charge in [0.1, 0.15) is 11.4 Å². The van der Waals surface area contributed by atoms with Crippen LogP contribution in [0.5, 0.6) is 5.75 Å². The Hall–Kier alpha value is -3.44. The molecule has 5 heteroatoms. The van der Waals surface area contributed by atoms with Gasteiger partial charge < -0.3 is 15.8 Å². The van der Waals surface area contributed by atoms with Crippen LogP contribution in [0, 0.1) is 5.41 Å². The third kappa shape index (κ3) is 2.60. The number of phenolic OH excluding ortho intramolecular Hbond substituents is 1. The third-order valence-electron chi connectivity index (χ3n) is 4.56. The van der Waals surface area contributed by atoms with Crippen LogP contribution in [0.4, 0.5) is 11.4 Å². The number of rotatable bonds is 2. The summed E-state index contributed by atoms with van der Waals surface area (Å²) in [5.74, 6) is 0.176. The number of hydrogen-bond acceptors (Lipinski definition) is 5. The molecule has 0 amide bonds. The van der Waals surface area contributed by atoms with Crippen molar-refractivity contribution in [1.29, 1.82) is 5.41 Å². The van der Waals surface area contributed by atoms with Crippen molar-refractivity contribution in [3.63, 3.8) is 0 Å². The summed E-state index contributed by atoms with van der Waals surface area (Å²) in [7, 11) is 0. The molecule has 1 aromatic heterocycles. The molecule has 5 aromatic rings. The molecule has 5 rings (SSSR count). The van der Waals surface area contributed by atoms with Crippen LogP contribution in [0.1, 0.15) is 0 Å². The third-order valence-corrected chi connectivity index (χ3v) is 5.73. The van der Waals surface area contributed by atoms with Gasteiger partial charge in [0, 0.05) is 16.5 Å². The summed E-state index contributed by atoms with van der Waals surface area (Å²) in [5.41, 5.74) is 3.23. The Bertz CT molecular complexity index is 1380. The van der Waals surface area contributed by atoms with Crippen LogP contribution < -0.4 is 10.7 Å². The average molecular weight is 369 g/mol. The lowest BCUT2D eigenvalue weighted by molar-refractivity contribution is 0.484. The van der Waals surface area contributed by atoms with Gasteiger partial charge in [0.25, 0.3) is 0 Å². The summed E-state index contributed by atoms with van der Waals surface area (Å²) in [6.07, 6.45) is 0. The van der Waals surface area contributed by atoms with Crippen molar-refractivity contribution in [2.75, 3.05) is 5.32 Å². The lowest BCUT2D eigenvalue weighted by Crippen LogP contribution is -1.99. The second kappa shape index (κ2) is 6.07. The SMILES string of the molecule is N=c1ccc2c(O)c(Nc3ccccc3)c3sc4ccccc4nc3c2c1. The van der Waals surface area contributed by atoms with Crippen LogP contribution in [-0.4, -0.2) is 10.1 Å². The first-order valence-corrected chi connectivity index (χ1v) is 9.37. The second-order valence-electron chi connectivity index (χ2n) is 6.33. The van der Waals surface area contributed by atoms with Crippen molar-refractivity contribution in [2.24, 2.45) is 0 Å². The topological polar surface area (TPSA) is 69.0 Å². The minimum absolute atomic E-state index is 0.176. The highest BCUT2D eigenvalue weighted by Crippen LogP contribution is 2.44. The number of nitrogens with one attached hydrogen (secondary N) is 2. The van der Waals surface area contributed by atoms with E-state index in [0.29, 0.717) is 16.4 Å². The fraction of sp³-hybridized carbons (Fsp3) is 0. The summed E-state index contributed by atoms with van der Waals surface area (Å²) in [4.78, 5) is 4.87. The second-order valence-corrected chi connectivity index (χ2v) is 7.39. The highest BCUT2D eigenvalue weighted by atomic mass is 32.1. The molecule has 0 bridgehead atoms. The van der Waals surface area contributed by atoms with Crippen LogP contribution >= 0.6 is 11.3 Å². The molecule has 0 fully saturated rings. The van der Waals surface area contributed by atoms with E-state index in [4.69, 9.17) is 10.4 Å². The first-order chi connectivity index (χ1) is 13.2. The largest absolute Gasteiger partial charge is 0.505 e. The predicted molar refractivity (Wildman–Crippen MR) is 112 cm³/mol. The average Bonchev–Trinajstić information content (AvgIpc) is 2.70. The van der Waals surface area contributed by atoms with Gasteiger partial charge in [-0.1, -0.05) is 30.3 Å². The molecule has 4 nitrogen and oxygen atoms in total. The molecular formula is C22H15N3OS. The van der Waals surface area contributed by atoms with Crippen LogP contribution in [0.25, 0.3) is 31.2 Å². The Kier molecular flexibility index (Phi) is 3.55. The number of aromatic hydroxyl groups is 1. The monoisotopic (exact) mass is 369 g/mol. The number of phenols is 1. The molecule has 4 aromatic carbocycles. The van der Waals surface area contributed by atoms with Crippen LogP contribution in [0.15, 0.2) is 72.8 Å². The maximum absolute atomic E-state index is 11.0. The lowest BCUT2D eigenvalue weighted by atomic mass is 10.1. The van der Waals surface area contributed by atoms with Crippen molar-refractivity contribution in [3.05, 3.63) is 78.2 Å². The van der Waals surface area contributed by atoms with E-state index in [1.807, 2.05) is 54.6 Å². The molecule has 0 saturated heterocycles. The molecule has 27 heavy (non-hydrogen) atoms. The summed E-state index contributed by atoms with van der Waals surface area (Å²) in [6.45, 7) is 0. The van der Waals surface area contributed by atoms with Gasteiger partial charge in [0.05, 0.1) is 25.8 Å². The van der Waals surface area contributed by atoms with Crippen LogP contribution in [-0.2, 0) is 0 Å². The predicted octanol–water partition coefficient (Wildman–Crippen LogP) is 5.53. The number of aromatic nitrogens is 1. The molecule has 0 aliphatic carbocycles. The Balaban J connectivity index is 1.93. The standard InChI is InChI=1S/C22H15N3OS/c23-13-10-11-15-16(12-13)19-22(27-18-9-5-4-8-17(18)25-19)20(21(15)26)24-14-6-2-1-3-7-14/h1-12,23-24,26H. The van der Waals surface area contributed by atoms with E-state index in [2.05, 4.69) is 5.32 Å². The van der Waals surface area contributed by atoms with E-state index in [0.717, 1.165) is 31.5 Å². The number of hydrogen-bond donors (Lipinski definition) is 3. The molecule has 0 radical (unpaired) electrons. The van der Waals surface area contributed by atoms with Crippen molar-refractivity contribution < 1.29 is 5.11 Å². The summed E-state index contributed by atoms with van der Waals surface area (Å²) >= 11 is 1.59. The van der Waals surface area contributed by atoms with Gasteiger partial charge in [0.15, 0.2) is 0 Å². The molecule has 3 N–H and O–H groups in total. The Morgan fingerprint density at radius 3 is 2.52 bits per heavy atom. The van der Waals surface area contributed by atoms with Crippen LogP contribution in [0.2, 0.25) is 0 Å². The zero-order valence-corrected chi connectivity index (χ0v) is 15.0. The molecule has 130 valence electrons. The van der Waals surface area contributed by atoms with Crippen molar-refractivity contribution in [1.82, 2.24) is 4.98 Å². The number of benzene rings is 4. The van der Waals surface area contributed by atoms with Crippen molar-refractivity contribution >= 4 is 53.9 Å². The summed E-state index contributed by atoms with van der Waals surface area (Å²) in [6, 6.07) is 23.0. The molecule has 0 aliphatic heterocycles. The number of para-hydroxylation sites is 2. The van der Waals surface area contributed by atoms with Gasteiger partial charge in [-0.25, -0.2) is 4.98 Å². The zero-order chi connectivity index (χ0) is 18.4. The first kappa shape index (κ1) is 15.8. The zero-order valence-electron chi connectivity index (χ0n) is 14.2. The molecule has 1 heterocycles. The Labute approximate surface area is 158 Å². The van der Waals surface area contributed by atoms with Gasteiger partial charge >= 0.3 is 0 Å². The maximum Gasteiger partial charge on any atom is 0.148 e. The highest BCUT2D eigenvalue weighted by Gasteiger charge is 2.17. The quantitative estimate of drug-likeness (QED) is 0.218. The Morgan fingerprint density at radius 1 is 0.889 bits per heavy atom. The number of anilines is 2. The first-order valence-electron chi connectivity index (χ1n) is 8.56. The Morgan fingerprint density at radius 2 is 1.67 bits per heavy atom. The molecule has 0 saturated carbocycles. The number of fused-ring (bicyclic) bond motifs is 4. The van der Waals surface area contributed by atoms with E-state index in [-0.39, 0.29) is 5.75 Å². The van der Waals surface area contributed by atoms with E-state index in [9.17, 15) is 5.11 Å². The maximum atomic E-state index is 11.0. The van der Waals surface area contributed by atoms with E-state index >= 15 is 0 Å². The van der Waals surface area contributed by atoms with Gasteiger partial charge in [-0.15, -0.1) is 11.3 Å². The van der Waals surface area contributed by atoms with E-state index < -0.39 is 0 Å². The minimum Gasteiger partial charge on any atom is -0.505 e. The molecule has 0 aliphatic rings. The molecular weight excluding hydrogens is 354 g/mol. The van der Waals surface area contributed by atoms with Crippen molar-refractivity contribution in [2.45, 2.75) is 0 Å². The van der Waals surface area contributed by atoms with Gasteiger partial charge in [-0.3, -0.25) is 0 Å². The fourth-order valence-corrected chi connectivity index (χ4v) is 4.37. The fourth-order valence-electron chi connectivity index (χ4n) is 3.29. The van der Waals surface area contributed by atoms with E-state index in [1.165, 1.54) is 0 Å². The van der Waals surface area contributed by atoms with Crippen LogP contribution in [0.3, 0.4) is 0 Å². The smallest absolute Gasteiger partial charge is 0.148 e. The number of nitrogens with zero attached hydrogens (tertiary/aromatic N) is 1. The molecule has 0 unspecified atom stereocenters. The lowest BCUT2D eigenvalue weighted by Gasteiger charge is -2.15. The van der Waals surface area contributed by atoms with Gasteiger partial charge in [-0.2, -0.15) is 0 Å². The highest BCUT2D eigenvalue weighted by molar-refractivity contribution is 7.25. The van der Waals surface area contributed by atoms with Gasteiger partial charge in [-0.05, 0) is 42.5 Å². The van der Waals surface area contributed by atoms with E-state index in [1.54, 1.807) is 29.5 Å². The molecule has 0 atom stereocenters.